The summed E-state index contributed by atoms with van der Waals surface area (Å²) in [6.07, 6.45) is 3.96. The van der Waals surface area contributed by atoms with Crippen LogP contribution in [0.15, 0.2) is 42.5 Å². The maximum atomic E-state index is 12.1. The third-order valence-electron chi connectivity index (χ3n) is 5.25. The first kappa shape index (κ1) is 19.4. The van der Waals surface area contributed by atoms with Crippen LogP contribution in [0.25, 0.3) is 0 Å². The van der Waals surface area contributed by atoms with Crippen molar-refractivity contribution < 1.29 is 9.53 Å². The van der Waals surface area contributed by atoms with Crippen molar-refractivity contribution in [3.8, 4) is 5.75 Å². The Bertz CT molecular complexity index is 767. The van der Waals surface area contributed by atoms with Crippen LogP contribution >= 0.6 is 0 Å². The van der Waals surface area contributed by atoms with Gasteiger partial charge in [-0.3, -0.25) is 9.69 Å². The fourth-order valence-electron chi connectivity index (χ4n) is 3.49. The van der Waals surface area contributed by atoms with Crippen LogP contribution in [0.5, 0.6) is 5.75 Å². The van der Waals surface area contributed by atoms with E-state index in [1.165, 1.54) is 43.5 Å². The highest BCUT2D eigenvalue weighted by molar-refractivity contribution is 5.77. The van der Waals surface area contributed by atoms with Gasteiger partial charge in [0.2, 0.25) is 0 Å². The lowest BCUT2D eigenvalue weighted by Crippen LogP contribution is -2.29. The molecule has 144 valence electrons. The van der Waals surface area contributed by atoms with E-state index >= 15 is 0 Å². The summed E-state index contributed by atoms with van der Waals surface area (Å²) < 4.78 is 5.67. The molecule has 27 heavy (non-hydrogen) atoms. The first-order chi connectivity index (χ1) is 13.1. The summed E-state index contributed by atoms with van der Waals surface area (Å²) in [5.74, 6) is 0.672. The first-order valence-electron chi connectivity index (χ1n) is 9.88. The standard InChI is InChI=1S/C23H30N2O2/c1-18-8-6-11-22(19(18)2)27-17-23(26)24-15-20-9-7-10-21(14-20)16-25-12-4-3-5-13-25/h6-11,14H,3-5,12-13,15-17H2,1-2H3,(H,24,26). The number of carbonyl (C=O) groups is 1. The van der Waals surface area contributed by atoms with Crippen molar-refractivity contribution in [3.63, 3.8) is 0 Å². The van der Waals surface area contributed by atoms with Crippen molar-refractivity contribution in [2.24, 2.45) is 0 Å². The Balaban J connectivity index is 1.47. The van der Waals surface area contributed by atoms with Crippen LogP contribution in [0.1, 0.15) is 41.5 Å². The number of benzene rings is 2. The number of aryl methyl sites for hydroxylation is 1. The topological polar surface area (TPSA) is 41.6 Å². The summed E-state index contributed by atoms with van der Waals surface area (Å²) >= 11 is 0. The van der Waals surface area contributed by atoms with Crippen molar-refractivity contribution in [2.75, 3.05) is 19.7 Å². The molecule has 1 heterocycles. The largest absolute Gasteiger partial charge is 0.483 e. The number of likely N-dealkylation sites (tertiary alicyclic amines) is 1. The molecule has 1 fully saturated rings. The van der Waals surface area contributed by atoms with Gasteiger partial charge in [-0.05, 0) is 68.1 Å². The van der Waals surface area contributed by atoms with Gasteiger partial charge in [0.25, 0.3) is 5.91 Å². The van der Waals surface area contributed by atoms with E-state index in [1.807, 2.05) is 32.0 Å². The molecule has 0 saturated carbocycles. The highest BCUT2D eigenvalue weighted by Gasteiger charge is 2.11. The summed E-state index contributed by atoms with van der Waals surface area (Å²) in [7, 11) is 0. The number of nitrogens with zero attached hydrogens (tertiary/aromatic N) is 1. The molecule has 1 aliphatic rings. The summed E-state index contributed by atoms with van der Waals surface area (Å²) in [5, 5.41) is 2.96. The Morgan fingerprint density at radius 2 is 1.78 bits per heavy atom. The van der Waals surface area contributed by atoms with Gasteiger partial charge in [0.1, 0.15) is 5.75 Å². The zero-order valence-corrected chi connectivity index (χ0v) is 16.5. The van der Waals surface area contributed by atoms with Gasteiger partial charge in [-0.1, -0.05) is 42.8 Å². The quantitative estimate of drug-likeness (QED) is 0.806. The van der Waals surface area contributed by atoms with Gasteiger partial charge in [-0.15, -0.1) is 0 Å². The fraction of sp³-hybridized carbons (Fsp3) is 0.435. The third kappa shape index (κ3) is 5.83. The normalized spacial score (nSPS) is 14.7. The number of amides is 1. The second kappa shape index (κ2) is 9.56. The minimum Gasteiger partial charge on any atom is -0.483 e. The SMILES string of the molecule is Cc1cccc(OCC(=O)NCc2cccc(CN3CCCCC3)c2)c1C. The highest BCUT2D eigenvalue weighted by Crippen LogP contribution is 2.20. The Morgan fingerprint density at radius 1 is 1.04 bits per heavy atom. The van der Waals surface area contributed by atoms with E-state index in [1.54, 1.807) is 0 Å². The van der Waals surface area contributed by atoms with Crippen LogP contribution in [-0.4, -0.2) is 30.5 Å². The zero-order valence-electron chi connectivity index (χ0n) is 16.5. The summed E-state index contributed by atoms with van der Waals surface area (Å²) in [4.78, 5) is 14.7. The van der Waals surface area contributed by atoms with Gasteiger partial charge >= 0.3 is 0 Å². The Hall–Kier alpha value is -2.33. The van der Waals surface area contributed by atoms with E-state index < -0.39 is 0 Å². The van der Waals surface area contributed by atoms with Gasteiger partial charge in [0, 0.05) is 13.1 Å². The molecule has 0 spiro atoms. The molecule has 3 rings (SSSR count). The third-order valence-corrected chi connectivity index (χ3v) is 5.25. The smallest absolute Gasteiger partial charge is 0.258 e. The molecule has 2 aromatic rings. The lowest BCUT2D eigenvalue weighted by molar-refractivity contribution is -0.123. The average molecular weight is 367 g/mol. The van der Waals surface area contributed by atoms with Crippen molar-refractivity contribution in [1.82, 2.24) is 10.2 Å². The van der Waals surface area contributed by atoms with Crippen LogP contribution in [0, 0.1) is 13.8 Å². The van der Waals surface area contributed by atoms with E-state index in [-0.39, 0.29) is 12.5 Å². The van der Waals surface area contributed by atoms with Gasteiger partial charge < -0.3 is 10.1 Å². The van der Waals surface area contributed by atoms with E-state index in [0.29, 0.717) is 6.54 Å². The van der Waals surface area contributed by atoms with Crippen molar-refractivity contribution >= 4 is 5.91 Å². The Labute approximate surface area is 162 Å². The van der Waals surface area contributed by atoms with Crippen molar-refractivity contribution in [2.45, 2.75) is 46.2 Å². The number of hydrogen-bond acceptors (Lipinski definition) is 3. The summed E-state index contributed by atoms with van der Waals surface area (Å²) in [5.41, 5.74) is 4.69. The maximum absolute atomic E-state index is 12.1. The molecular weight excluding hydrogens is 336 g/mol. The molecule has 0 aromatic heterocycles. The zero-order chi connectivity index (χ0) is 19.1. The van der Waals surface area contributed by atoms with E-state index in [4.69, 9.17) is 4.74 Å². The minimum atomic E-state index is -0.0997. The van der Waals surface area contributed by atoms with Crippen LogP contribution in [-0.2, 0) is 17.9 Å². The van der Waals surface area contributed by atoms with E-state index in [9.17, 15) is 4.79 Å². The number of hydrogen-bond donors (Lipinski definition) is 1. The molecule has 1 aliphatic heterocycles. The molecule has 0 aliphatic carbocycles. The van der Waals surface area contributed by atoms with Crippen LogP contribution < -0.4 is 10.1 Å². The lowest BCUT2D eigenvalue weighted by Gasteiger charge is -2.26. The second-order valence-corrected chi connectivity index (χ2v) is 7.42. The van der Waals surface area contributed by atoms with Crippen LogP contribution in [0.2, 0.25) is 0 Å². The van der Waals surface area contributed by atoms with Gasteiger partial charge in [0.05, 0.1) is 0 Å². The molecule has 4 nitrogen and oxygen atoms in total. The minimum absolute atomic E-state index is 0.0394. The number of ether oxygens (including phenoxy) is 1. The van der Waals surface area contributed by atoms with E-state index in [2.05, 4.69) is 34.5 Å². The molecule has 0 bridgehead atoms. The van der Waals surface area contributed by atoms with E-state index in [0.717, 1.165) is 23.4 Å². The van der Waals surface area contributed by atoms with Gasteiger partial charge in [0.15, 0.2) is 6.61 Å². The van der Waals surface area contributed by atoms with Gasteiger partial charge in [-0.2, -0.15) is 0 Å². The predicted molar refractivity (Wildman–Crippen MR) is 109 cm³/mol. The molecule has 1 amide bonds. The maximum Gasteiger partial charge on any atom is 0.258 e. The molecule has 2 aromatic carbocycles. The second-order valence-electron chi connectivity index (χ2n) is 7.42. The number of carbonyl (C=O) groups excluding carboxylic acids is 1. The molecular formula is C23H30N2O2. The molecule has 1 saturated heterocycles. The number of nitrogens with one attached hydrogen (secondary N) is 1. The fourth-order valence-corrected chi connectivity index (χ4v) is 3.49. The average Bonchev–Trinajstić information content (AvgIpc) is 2.68. The Morgan fingerprint density at radius 3 is 2.59 bits per heavy atom. The first-order valence-corrected chi connectivity index (χ1v) is 9.88. The summed E-state index contributed by atoms with van der Waals surface area (Å²) in [6.45, 7) is 8.00. The molecule has 4 heteroatoms. The number of piperidine rings is 1. The molecule has 0 unspecified atom stereocenters. The molecule has 0 radical (unpaired) electrons. The monoisotopic (exact) mass is 366 g/mol. The van der Waals surface area contributed by atoms with Gasteiger partial charge in [-0.25, -0.2) is 0 Å². The molecule has 0 atom stereocenters. The van der Waals surface area contributed by atoms with Crippen LogP contribution in [0.4, 0.5) is 0 Å². The summed E-state index contributed by atoms with van der Waals surface area (Å²) in [6, 6.07) is 14.4. The predicted octanol–water partition coefficient (Wildman–Crippen LogP) is 3.98. The highest BCUT2D eigenvalue weighted by atomic mass is 16.5. The van der Waals surface area contributed by atoms with Crippen molar-refractivity contribution in [1.29, 1.82) is 0 Å². The van der Waals surface area contributed by atoms with Crippen molar-refractivity contribution in [3.05, 3.63) is 64.7 Å². The number of rotatable bonds is 7. The Kier molecular flexibility index (Phi) is 6.88. The van der Waals surface area contributed by atoms with Crippen LogP contribution in [0.3, 0.4) is 0 Å². The lowest BCUT2D eigenvalue weighted by atomic mass is 10.1. The molecule has 1 N–H and O–H groups in total.